The van der Waals surface area contributed by atoms with Crippen molar-refractivity contribution in [2.24, 2.45) is 0 Å². The Labute approximate surface area is 99.7 Å². The Balaban J connectivity index is 2.64. The van der Waals surface area contributed by atoms with Crippen molar-refractivity contribution >= 4 is 23.5 Å². The molecule has 1 N–H and O–H groups in total. The van der Waals surface area contributed by atoms with Crippen LogP contribution in [0, 0.1) is 0 Å². The molecule has 0 aliphatic rings. The SMILES string of the molecule is CSCCCN(C)c1cccc(C(=O)O)n1. The quantitative estimate of drug-likeness (QED) is 0.770. The van der Waals surface area contributed by atoms with Crippen molar-refractivity contribution in [3.63, 3.8) is 0 Å². The second-order valence-electron chi connectivity index (χ2n) is 3.45. The number of anilines is 1. The van der Waals surface area contributed by atoms with Gasteiger partial charge in [-0.15, -0.1) is 0 Å². The van der Waals surface area contributed by atoms with Crippen molar-refractivity contribution in [3.8, 4) is 0 Å². The average molecular weight is 240 g/mol. The Morgan fingerprint density at radius 1 is 1.56 bits per heavy atom. The van der Waals surface area contributed by atoms with Gasteiger partial charge in [-0.05, 0) is 30.6 Å². The summed E-state index contributed by atoms with van der Waals surface area (Å²) in [6.07, 6.45) is 3.14. The Kier molecular flexibility index (Phi) is 5.11. The summed E-state index contributed by atoms with van der Waals surface area (Å²) < 4.78 is 0. The molecule has 0 aromatic carbocycles. The minimum atomic E-state index is -0.987. The van der Waals surface area contributed by atoms with E-state index in [0.29, 0.717) is 5.82 Å². The van der Waals surface area contributed by atoms with Crippen LogP contribution in [0.25, 0.3) is 0 Å². The molecule has 0 amide bonds. The number of thioether (sulfide) groups is 1. The van der Waals surface area contributed by atoms with E-state index in [1.54, 1.807) is 17.8 Å². The molecule has 16 heavy (non-hydrogen) atoms. The van der Waals surface area contributed by atoms with Gasteiger partial charge >= 0.3 is 5.97 Å². The van der Waals surface area contributed by atoms with Gasteiger partial charge in [-0.2, -0.15) is 11.8 Å². The fourth-order valence-corrected chi connectivity index (χ4v) is 1.73. The molecule has 4 nitrogen and oxygen atoms in total. The van der Waals surface area contributed by atoms with Crippen LogP contribution < -0.4 is 4.90 Å². The van der Waals surface area contributed by atoms with Crippen molar-refractivity contribution in [1.29, 1.82) is 0 Å². The van der Waals surface area contributed by atoms with Gasteiger partial charge in [0, 0.05) is 13.6 Å². The zero-order valence-electron chi connectivity index (χ0n) is 9.51. The van der Waals surface area contributed by atoms with Crippen LogP contribution in [-0.4, -0.2) is 41.7 Å². The zero-order valence-corrected chi connectivity index (χ0v) is 10.3. The number of nitrogens with zero attached hydrogens (tertiary/aromatic N) is 2. The molecular weight excluding hydrogens is 224 g/mol. The third kappa shape index (κ3) is 3.73. The summed E-state index contributed by atoms with van der Waals surface area (Å²) >= 11 is 1.81. The first-order valence-corrected chi connectivity index (χ1v) is 6.45. The standard InChI is InChI=1S/C11H16N2O2S/c1-13(7-4-8-16-2)10-6-3-5-9(12-10)11(14)15/h3,5-6H,4,7-8H2,1-2H3,(H,14,15). The van der Waals surface area contributed by atoms with Gasteiger partial charge in [-0.25, -0.2) is 9.78 Å². The lowest BCUT2D eigenvalue weighted by atomic mass is 10.3. The number of carboxylic acid groups (broad SMARTS) is 1. The number of pyridine rings is 1. The zero-order chi connectivity index (χ0) is 12.0. The van der Waals surface area contributed by atoms with E-state index in [-0.39, 0.29) is 5.69 Å². The summed E-state index contributed by atoms with van der Waals surface area (Å²) in [5.74, 6) is 0.823. The summed E-state index contributed by atoms with van der Waals surface area (Å²) in [6, 6.07) is 5.05. The molecule has 1 heterocycles. The number of hydrogen-bond acceptors (Lipinski definition) is 4. The molecule has 0 atom stereocenters. The van der Waals surface area contributed by atoms with E-state index in [1.165, 1.54) is 6.07 Å². The lowest BCUT2D eigenvalue weighted by Crippen LogP contribution is -2.21. The first kappa shape index (κ1) is 12.8. The van der Waals surface area contributed by atoms with Gasteiger partial charge in [0.2, 0.25) is 0 Å². The lowest BCUT2D eigenvalue weighted by Gasteiger charge is -2.17. The highest BCUT2D eigenvalue weighted by Crippen LogP contribution is 2.10. The number of rotatable bonds is 6. The highest BCUT2D eigenvalue weighted by molar-refractivity contribution is 7.98. The molecule has 5 heteroatoms. The van der Waals surface area contributed by atoms with Crippen molar-refractivity contribution in [2.75, 3.05) is 30.5 Å². The van der Waals surface area contributed by atoms with Gasteiger partial charge in [0.25, 0.3) is 0 Å². The molecule has 1 aromatic heterocycles. The maximum atomic E-state index is 10.8. The minimum absolute atomic E-state index is 0.0919. The van der Waals surface area contributed by atoms with E-state index in [4.69, 9.17) is 5.11 Å². The maximum Gasteiger partial charge on any atom is 0.354 e. The fraction of sp³-hybridized carbons (Fsp3) is 0.455. The predicted molar refractivity (Wildman–Crippen MR) is 67.5 cm³/mol. The molecule has 0 fully saturated rings. The molecule has 0 unspecified atom stereocenters. The van der Waals surface area contributed by atoms with Gasteiger partial charge in [0.05, 0.1) is 0 Å². The van der Waals surface area contributed by atoms with Crippen LogP contribution in [0.2, 0.25) is 0 Å². The van der Waals surface area contributed by atoms with E-state index in [2.05, 4.69) is 11.2 Å². The van der Waals surface area contributed by atoms with Crippen molar-refractivity contribution in [1.82, 2.24) is 4.98 Å². The van der Waals surface area contributed by atoms with E-state index < -0.39 is 5.97 Å². The van der Waals surface area contributed by atoms with Crippen LogP contribution in [0.15, 0.2) is 18.2 Å². The highest BCUT2D eigenvalue weighted by Gasteiger charge is 2.07. The maximum absolute atomic E-state index is 10.8. The number of carboxylic acids is 1. The van der Waals surface area contributed by atoms with Crippen molar-refractivity contribution in [3.05, 3.63) is 23.9 Å². The second-order valence-corrected chi connectivity index (χ2v) is 4.44. The summed E-state index contributed by atoms with van der Waals surface area (Å²) in [7, 11) is 1.92. The average Bonchev–Trinajstić information content (AvgIpc) is 2.29. The number of carbonyl (C=O) groups is 1. The fourth-order valence-electron chi connectivity index (χ4n) is 1.32. The molecular formula is C11H16N2O2S. The summed E-state index contributed by atoms with van der Waals surface area (Å²) in [5.41, 5.74) is 0.0919. The Bertz CT molecular complexity index is 358. The molecule has 0 spiro atoms. The van der Waals surface area contributed by atoms with Crippen molar-refractivity contribution in [2.45, 2.75) is 6.42 Å². The largest absolute Gasteiger partial charge is 0.477 e. The van der Waals surface area contributed by atoms with Gasteiger partial charge in [-0.3, -0.25) is 0 Å². The van der Waals surface area contributed by atoms with E-state index in [1.807, 2.05) is 18.0 Å². The topological polar surface area (TPSA) is 53.4 Å². The molecule has 1 rings (SSSR count). The molecule has 88 valence electrons. The third-order valence-corrected chi connectivity index (χ3v) is 2.88. The summed E-state index contributed by atoms with van der Waals surface area (Å²) in [6.45, 7) is 0.886. The van der Waals surface area contributed by atoms with Crippen LogP contribution in [0.1, 0.15) is 16.9 Å². The van der Waals surface area contributed by atoms with Crippen molar-refractivity contribution < 1.29 is 9.90 Å². The van der Waals surface area contributed by atoms with Gasteiger partial charge in [0.1, 0.15) is 5.82 Å². The van der Waals surface area contributed by atoms with Crippen LogP contribution in [0.4, 0.5) is 5.82 Å². The van der Waals surface area contributed by atoms with E-state index in [0.717, 1.165) is 18.7 Å². The number of hydrogen-bond donors (Lipinski definition) is 1. The minimum Gasteiger partial charge on any atom is -0.477 e. The molecule has 0 aliphatic carbocycles. The highest BCUT2D eigenvalue weighted by atomic mass is 32.2. The first-order valence-electron chi connectivity index (χ1n) is 5.05. The Morgan fingerprint density at radius 2 is 2.31 bits per heavy atom. The monoisotopic (exact) mass is 240 g/mol. The molecule has 0 aliphatic heterocycles. The Morgan fingerprint density at radius 3 is 2.94 bits per heavy atom. The number of aromatic nitrogens is 1. The molecule has 1 aromatic rings. The van der Waals surface area contributed by atoms with Crippen LogP contribution >= 0.6 is 11.8 Å². The van der Waals surface area contributed by atoms with Crippen LogP contribution in [0.3, 0.4) is 0 Å². The second kappa shape index (κ2) is 6.37. The molecule has 0 saturated heterocycles. The van der Waals surface area contributed by atoms with Gasteiger partial charge in [-0.1, -0.05) is 6.07 Å². The molecule has 0 saturated carbocycles. The molecule has 0 radical (unpaired) electrons. The predicted octanol–water partition coefficient (Wildman–Crippen LogP) is 1.97. The normalized spacial score (nSPS) is 10.1. The first-order chi connectivity index (χ1) is 7.65. The van der Waals surface area contributed by atoms with Gasteiger partial charge in [0.15, 0.2) is 5.69 Å². The summed E-state index contributed by atoms with van der Waals surface area (Å²) in [4.78, 5) is 16.8. The van der Waals surface area contributed by atoms with E-state index >= 15 is 0 Å². The van der Waals surface area contributed by atoms with Gasteiger partial charge < -0.3 is 10.0 Å². The van der Waals surface area contributed by atoms with E-state index in [9.17, 15) is 4.79 Å². The smallest absolute Gasteiger partial charge is 0.354 e. The van der Waals surface area contributed by atoms with Crippen LogP contribution in [0.5, 0.6) is 0 Å². The lowest BCUT2D eigenvalue weighted by molar-refractivity contribution is 0.0690. The summed E-state index contributed by atoms with van der Waals surface area (Å²) in [5, 5.41) is 8.82. The number of aromatic carboxylic acids is 1. The molecule has 0 bridgehead atoms. The Hall–Kier alpha value is -1.23. The third-order valence-electron chi connectivity index (χ3n) is 2.19. The van der Waals surface area contributed by atoms with Crippen LogP contribution in [-0.2, 0) is 0 Å².